The third-order valence-electron chi connectivity index (χ3n) is 6.77. The van der Waals surface area contributed by atoms with E-state index in [0.717, 1.165) is 12.1 Å². The molecule has 0 aliphatic rings. The summed E-state index contributed by atoms with van der Waals surface area (Å²) in [4.78, 5) is 0. The molecule has 0 spiro atoms. The first kappa shape index (κ1) is 37.4. The van der Waals surface area contributed by atoms with Crippen molar-refractivity contribution in [2.75, 3.05) is 0 Å². The SMILES string of the molecule is N#C/C(c1ccc(C(F)(F)F)c(C#N)c1C(F)(F)F)=c1/c(C#N)c/c(=C(\C#N)c2ccc(C(F)(F)F)c(C#N)c2C(F)(F)F)c(C#N)c1C#N. The lowest BCUT2D eigenvalue weighted by molar-refractivity contribution is -0.145. The Bertz CT molecular complexity index is 2400. The van der Waals surface area contributed by atoms with Gasteiger partial charge < -0.3 is 0 Å². The lowest BCUT2D eigenvalue weighted by Crippen LogP contribution is -2.28. The van der Waals surface area contributed by atoms with Crippen LogP contribution in [0.25, 0.3) is 11.1 Å². The van der Waals surface area contributed by atoms with Crippen LogP contribution in [-0.4, -0.2) is 0 Å². The monoisotopic (exact) mass is 703 g/mol. The molecule has 0 unspecified atom stereocenters. The Morgan fingerprint density at radius 3 is 1.12 bits per heavy atom. The molecule has 19 heteroatoms. The first-order valence-electron chi connectivity index (χ1n) is 12.5. The lowest BCUT2D eigenvalue weighted by atomic mass is 9.86. The highest BCUT2D eigenvalue weighted by atomic mass is 19.4. The molecule has 0 saturated carbocycles. The first-order valence-corrected chi connectivity index (χ1v) is 12.5. The molecule has 0 bridgehead atoms. The first-order chi connectivity index (χ1) is 23.1. The predicted molar refractivity (Wildman–Crippen MR) is 138 cm³/mol. The van der Waals surface area contributed by atoms with Crippen molar-refractivity contribution in [3.05, 3.63) is 102 Å². The van der Waals surface area contributed by atoms with E-state index in [1.807, 2.05) is 0 Å². The largest absolute Gasteiger partial charge is 0.418 e. The van der Waals surface area contributed by atoms with Gasteiger partial charge in [0.05, 0.1) is 67.3 Å². The van der Waals surface area contributed by atoms with Gasteiger partial charge in [-0.1, -0.05) is 12.1 Å². The van der Waals surface area contributed by atoms with Gasteiger partial charge in [-0.3, -0.25) is 0 Å². The molecule has 7 nitrogen and oxygen atoms in total. The number of halogens is 12. The summed E-state index contributed by atoms with van der Waals surface area (Å²) < 4.78 is 166. The highest BCUT2D eigenvalue weighted by Crippen LogP contribution is 2.44. The molecule has 0 aromatic heterocycles. The Morgan fingerprint density at radius 1 is 0.440 bits per heavy atom. The second kappa shape index (κ2) is 12.9. The summed E-state index contributed by atoms with van der Waals surface area (Å²) in [5.74, 6) is 0. The van der Waals surface area contributed by atoms with E-state index in [0.29, 0.717) is 6.07 Å². The minimum atomic E-state index is -5.82. The number of alkyl halides is 12. The Morgan fingerprint density at radius 2 is 0.820 bits per heavy atom. The summed E-state index contributed by atoms with van der Waals surface area (Å²) >= 11 is 0. The molecule has 3 rings (SSSR count). The second-order valence-corrected chi connectivity index (χ2v) is 9.44. The molecule has 0 aliphatic carbocycles. The van der Waals surface area contributed by atoms with Crippen LogP contribution in [0.2, 0.25) is 0 Å². The van der Waals surface area contributed by atoms with Gasteiger partial charge in [0.25, 0.3) is 0 Å². The van der Waals surface area contributed by atoms with Crippen molar-refractivity contribution in [3.8, 4) is 42.5 Å². The predicted octanol–water partition coefficient (Wildman–Crippen LogP) is 6.57. The standard InChI is InChI=1S/C31H5F12N7/c32-28(33,34)23-3-1-14(26(21(23)11-49)30(38,39)40)17(7-45)16-5-13(6-44)25(20(10-48)18(16)8-46)19(9-47)15-2-4-24(29(35,36)37)22(12-50)27(15)31(41,42)43/h1-5H/b17-16-,25-19+. The maximum atomic E-state index is 14.2. The number of benzene rings is 3. The van der Waals surface area contributed by atoms with Gasteiger partial charge in [0, 0.05) is 21.6 Å². The minimum Gasteiger partial charge on any atom is -0.192 e. The molecule has 0 aliphatic heterocycles. The highest BCUT2D eigenvalue weighted by molar-refractivity contribution is 5.85. The average molecular weight is 703 g/mol. The van der Waals surface area contributed by atoms with Crippen molar-refractivity contribution in [2.45, 2.75) is 24.7 Å². The molecule has 0 N–H and O–H groups in total. The molecule has 0 amide bonds. The van der Waals surface area contributed by atoms with Crippen LogP contribution in [0.15, 0.2) is 30.3 Å². The Kier molecular flexibility index (Phi) is 9.65. The molecule has 3 aromatic rings. The van der Waals surface area contributed by atoms with E-state index in [-0.39, 0.29) is 24.3 Å². The topological polar surface area (TPSA) is 167 Å². The molecule has 3 aromatic carbocycles. The van der Waals surface area contributed by atoms with Gasteiger partial charge in [0.15, 0.2) is 0 Å². The van der Waals surface area contributed by atoms with Gasteiger partial charge in [-0.15, -0.1) is 0 Å². The molecular weight excluding hydrogens is 698 g/mol. The number of hydrogen-bond acceptors (Lipinski definition) is 7. The summed E-state index contributed by atoms with van der Waals surface area (Å²) in [6.07, 6.45) is -22.7. The third-order valence-corrected chi connectivity index (χ3v) is 6.77. The van der Waals surface area contributed by atoms with Crippen LogP contribution in [-0.2, 0) is 24.7 Å². The van der Waals surface area contributed by atoms with Crippen LogP contribution in [0.3, 0.4) is 0 Å². The summed E-state index contributed by atoms with van der Waals surface area (Å²) in [6, 6.07) is 8.15. The van der Waals surface area contributed by atoms with E-state index in [1.54, 1.807) is 0 Å². The van der Waals surface area contributed by atoms with Crippen molar-refractivity contribution >= 4 is 11.1 Å². The zero-order valence-corrected chi connectivity index (χ0v) is 23.6. The molecule has 0 radical (unpaired) electrons. The maximum Gasteiger partial charge on any atom is 0.418 e. The smallest absolute Gasteiger partial charge is 0.192 e. The second-order valence-electron chi connectivity index (χ2n) is 9.44. The fourth-order valence-electron chi connectivity index (χ4n) is 4.89. The van der Waals surface area contributed by atoms with Gasteiger partial charge >= 0.3 is 24.7 Å². The average Bonchev–Trinajstić information content (AvgIpc) is 3.02. The van der Waals surface area contributed by atoms with Crippen molar-refractivity contribution in [1.29, 1.82) is 36.8 Å². The van der Waals surface area contributed by atoms with E-state index in [1.165, 1.54) is 30.3 Å². The van der Waals surface area contributed by atoms with Crippen LogP contribution in [0.4, 0.5) is 52.7 Å². The molecule has 0 atom stereocenters. The van der Waals surface area contributed by atoms with E-state index in [4.69, 9.17) is 0 Å². The van der Waals surface area contributed by atoms with E-state index < -0.39 is 107 Å². The normalized spacial score (nSPS) is 12.9. The fourth-order valence-corrected chi connectivity index (χ4v) is 4.89. The van der Waals surface area contributed by atoms with Gasteiger partial charge in [0.1, 0.15) is 36.4 Å². The van der Waals surface area contributed by atoms with Crippen LogP contribution < -0.4 is 10.4 Å². The van der Waals surface area contributed by atoms with Crippen LogP contribution in [0.5, 0.6) is 0 Å². The van der Waals surface area contributed by atoms with E-state index >= 15 is 0 Å². The molecule has 0 heterocycles. The van der Waals surface area contributed by atoms with Crippen LogP contribution >= 0.6 is 0 Å². The zero-order valence-electron chi connectivity index (χ0n) is 23.6. The van der Waals surface area contributed by atoms with Gasteiger partial charge in [-0.25, -0.2) is 0 Å². The highest BCUT2D eigenvalue weighted by Gasteiger charge is 2.45. The third kappa shape index (κ3) is 6.43. The fraction of sp³-hybridized carbons (Fsp3) is 0.129. The quantitative estimate of drug-likeness (QED) is 0.272. The number of hydrogen-bond donors (Lipinski definition) is 0. The van der Waals surface area contributed by atoms with Gasteiger partial charge in [-0.05, 0) is 18.2 Å². The van der Waals surface area contributed by atoms with E-state index in [9.17, 15) is 89.5 Å². The van der Waals surface area contributed by atoms with Crippen molar-refractivity contribution in [2.24, 2.45) is 0 Å². The maximum absolute atomic E-state index is 14.2. The molecule has 0 fully saturated rings. The summed E-state index contributed by atoms with van der Waals surface area (Å²) in [5, 5.41) is 65.9. The van der Waals surface area contributed by atoms with Crippen LogP contribution in [0, 0.1) is 79.3 Å². The minimum absolute atomic E-state index is 0.00505. The summed E-state index contributed by atoms with van der Waals surface area (Å²) in [6.45, 7) is 0. The Labute approximate surface area is 270 Å². The van der Waals surface area contributed by atoms with E-state index in [2.05, 4.69) is 0 Å². The summed E-state index contributed by atoms with van der Waals surface area (Å²) in [7, 11) is 0. The lowest BCUT2D eigenvalue weighted by Gasteiger charge is -2.19. The molecule has 0 saturated heterocycles. The molecule has 248 valence electrons. The van der Waals surface area contributed by atoms with Crippen LogP contribution in [0.1, 0.15) is 61.2 Å². The van der Waals surface area contributed by atoms with Crippen molar-refractivity contribution in [1.82, 2.24) is 0 Å². The molecular formula is C31H5F12N7. The number of rotatable bonds is 2. The van der Waals surface area contributed by atoms with Gasteiger partial charge in [0.2, 0.25) is 0 Å². The zero-order chi connectivity index (χ0) is 38.1. The Balaban J connectivity index is 2.82. The van der Waals surface area contributed by atoms with Crippen molar-refractivity contribution < 1.29 is 52.7 Å². The molecule has 50 heavy (non-hydrogen) atoms. The number of nitrogens with zero attached hydrogens (tertiary/aromatic N) is 7. The van der Waals surface area contributed by atoms with Gasteiger partial charge in [-0.2, -0.15) is 89.5 Å². The number of nitriles is 7. The Hall–Kier alpha value is -7.01. The van der Waals surface area contributed by atoms with Crippen molar-refractivity contribution in [3.63, 3.8) is 0 Å². The summed E-state index contributed by atoms with van der Waals surface area (Å²) in [5.41, 5.74) is -22.3.